The van der Waals surface area contributed by atoms with Gasteiger partial charge in [0.2, 0.25) is 5.91 Å². The summed E-state index contributed by atoms with van der Waals surface area (Å²) in [5.41, 5.74) is 10.3. The topological polar surface area (TPSA) is 164 Å². The summed E-state index contributed by atoms with van der Waals surface area (Å²) in [7, 11) is 4.01. The van der Waals surface area contributed by atoms with Gasteiger partial charge >= 0.3 is 11.9 Å². The van der Waals surface area contributed by atoms with Gasteiger partial charge in [-0.25, -0.2) is 9.78 Å². The number of allylic oxidation sites excluding steroid dienone is 1. The van der Waals surface area contributed by atoms with Crippen molar-refractivity contribution in [1.29, 1.82) is 0 Å². The fourth-order valence-electron chi connectivity index (χ4n) is 7.38. The smallest absolute Gasteiger partial charge is 0.338 e. The van der Waals surface area contributed by atoms with Gasteiger partial charge in [0.05, 0.1) is 29.1 Å². The number of fused-ring (bicyclic) bond motifs is 8. The molecule has 11 nitrogen and oxygen atoms in total. The van der Waals surface area contributed by atoms with Crippen LogP contribution in [0.3, 0.4) is 0 Å². The number of nitrogens with one attached hydrogen (secondary N) is 3. The van der Waals surface area contributed by atoms with E-state index in [0.29, 0.717) is 34.8 Å². The first-order chi connectivity index (χ1) is 24.2. The van der Waals surface area contributed by atoms with Crippen LogP contribution < -0.4 is 5.32 Å². The number of hydrogen-bond acceptors (Lipinski definition) is 6. The Morgan fingerprint density at radius 1 is 0.961 bits per heavy atom. The van der Waals surface area contributed by atoms with Crippen molar-refractivity contribution in [2.24, 2.45) is 0 Å². The molecule has 0 spiro atoms. The monoisotopic (exact) mass is 694 g/mol. The number of aromatic nitrogens is 4. The number of carboxylic acids is 2. The van der Waals surface area contributed by atoms with E-state index in [1.54, 1.807) is 6.92 Å². The van der Waals surface area contributed by atoms with E-state index >= 15 is 0 Å². The molecule has 0 aliphatic carbocycles. The molecule has 5 heterocycles. The summed E-state index contributed by atoms with van der Waals surface area (Å²) in [6.45, 7) is 15.4. The van der Waals surface area contributed by atoms with Gasteiger partial charge in [-0.15, -0.1) is 0 Å². The fraction of sp³-hybridized carbons (Fsp3) is 0.425. The van der Waals surface area contributed by atoms with Crippen molar-refractivity contribution in [2.75, 3.05) is 27.2 Å². The van der Waals surface area contributed by atoms with Crippen LogP contribution in [0.1, 0.15) is 109 Å². The zero-order valence-corrected chi connectivity index (χ0v) is 30.8. The molecule has 8 bridgehead atoms. The Bertz CT molecular complexity index is 2090. The molecule has 0 aromatic carbocycles. The van der Waals surface area contributed by atoms with Gasteiger partial charge in [-0.05, 0) is 108 Å². The minimum atomic E-state index is -1.16. The number of carboxylic acid groups (broad SMARTS) is 2. The lowest BCUT2D eigenvalue weighted by atomic mass is 9.84. The summed E-state index contributed by atoms with van der Waals surface area (Å²) >= 11 is 0. The number of rotatable bonds is 13. The van der Waals surface area contributed by atoms with Gasteiger partial charge in [0.25, 0.3) is 0 Å². The van der Waals surface area contributed by atoms with Crippen LogP contribution in [-0.2, 0) is 27.2 Å². The molecular formula is C40H50N6O5. The summed E-state index contributed by atoms with van der Waals surface area (Å²) in [6, 6.07) is 5.93. The van der Waals surface area contributed by atoms with Gasteiger partial charge < -0.3 is 30.4 Å². The maximum Gasteiger partial charge on any atom is 0.338 e. The Morgan fingerprint density at radius 2 is 1.67 bits per heavy atom. The molecule has 3 aromatic heterocycles. The molecule has 3 aromatic rings. The van der Waals surface area contributed by atoms with Crippen LogP contribution in [0.5, 0.6) is 0 Å². The van der Waals surface area contributed by atoms with Crippen molar-refractivity contribution in [3.05, 3.63) is 75.4 Å². The number of hydrogen-bond donors (Lipinski definition) is 5. The van der Waals surface area contributed by atoms with E-state index in [4.69, 9.17) is 9.97 Å². The van der Waals surface area contributed by atoms with E-state index in [0.717, 1.165) is 70.1 Å². The molecule has 5 rings (SSSR count). The Labute approximate surface area is 298 Å². The number of carbonyl (C=O) groups excluding carboxylic acids is 1. The second kappa shape index (κ2) is 15.5. The van der Waals surface area contributed by atoms with Crippen molar-refractivity contribution in [2.45, 2.75) is 85.0 Å². The minimum absolute atomic E-state index is 0.0114. The van der Waals surface area contributed by atoms with Gasteiger partial charge in [-0.2, -0.15) is 0 Å². The number of H-pyrrole nitrogens is 2. The third-order valence-corrected chi connectivity index (χ3v) is 10.3. The van der Waals surface area contributed by atoms with Crippen molar-refractivity contribution >= 4 is 57.1 Å². The molecule has 2 aliphatic heterocycles. The Balaban J connectivity index is 1.88. The number of aromatic amines is 2. The van der Waals surface area contributed by atoms with Crippen LogP contribution in [0.2, 0.25) is 0 Å². The maximum atomic E-state index is 13.7. The van der Waals surface area contributed by atoms with Gasteiger partial charge in [0, 0.05) is 63.7 Å². The Kier molecular flexibility index (Phi) is 11.3. The quantitative estimate of drug-likeness (QED) is 0.121. The lowest BCUT2D eigenvalue weighted by molar-refractivity contribution is -0.137. The predicted octanol–water partition coefficient (Wildman–Crippen LogP) is 6.90. The summed E-state index contributed by atoms with van der Waals surface area (Å²) < 4.78 is 0. The summed E-state index contributed by atoms with van der Waals surface area (Å²) in [5, 5.41) is 23.4. The van der Waals surface area contributed by atoms with E-state index in [1.807, 2.05) is 46.2 Å². The molecule has 0 unspecified atom stereocenters. The van der Waals surface area contributed by atoms with Crippen LogP contribution in [0.4, 0.5) is 0 Å². The van der Waals surface area contributed by atoms with E-state index in [2.05, 4.69) is 46.7 Å². The average molecular weight is 695 g/mol. The highest BCUT2D eigenvalue weighted by molar-refractivity contribution is 6.24. The highest BCUT2D eigenvalue weighted by Crippen LogP contribution is 2.43. The molecule has 2 aliphatic rings. The Hall–Kier alpha value is -5.03. The highest BCUT2D eigenvalue weighted by Gasteiger charge is 2.35. The van der Waals surface area contributed by atoms with Crippen LogP contribution in [-0.4, -0.2) is 80.1 Å². The van der Waals surface area contributed by atoms with Crippen LogP contribution in [0, 0.1) is 13.8 Å². The zero-order chi connectivity index (χ0) is 37.1. The fourth-order valence-corrected chi connectivity index (χ4v) is 7.38. The molecule has 0 fully saturated rings. The zero-order valence-electron chi connectivity index (χ0n) is 30.8. The molecule has 0 saturated carbocycles. The Morgan fingerprint density at radius 3 is 2.31 bits per heavy atom. The highest BCUT2D eigenvalue weighted by atomic mass is 16.4. The molecule has 11 heteroatoms. The summed E-state index contributed by atoms with van der Waals surface area (Å²) in [6.07, 6.45) is 4.27. The van der Waals surface area contributed by atoms with Crippen LogP contribution in [0.25, 0.3) is 39.3 Å². The number of carbonyl (C=O) groups is 3. The molecule has 0 radical (unpaired) electrons. The van der Waals surface area contributed by atoms with Crippen LogP contribution in [0.15, 0.2) is 24.8 Å². The first-order valence-corrected chi connectivity index (χ1v) is 17.7. The molecular weight excluding hydrogens is 644 g/mol. The van der Waals surface area contributed by atoms with Gasteiger partial charge in [-0.1, -0.05) is 26.5 Å². The van der Waals surface area contributed by atoms with E-state index < -0.39 is 17.9 Å². The standard InChI is InChI=1S/C40H50N6O5/c1-9-25-21(3)29-18-31-23(5)27(13-14-36(48)49)38(44-31)28(17-35(47)41-15-11-12-16-46(7)8)39-37(40(50)51)24(6)32(45-39)20-34-26(10-2)22(4)30(43-34)19-33(25)42-29/h9,18-20,23,27,42-43H,1,10-17H2,2-8H3,(H,41,47)(H,48,49)(H,50,51)/t23-,27-/m0/s1. The first kappa shape index (κ1) is 37.2. The number of unbranched alkanes of at least 4 members (excludes halogenated alkanes) is 1. The van der Waals surface area contributed by atoms with Crippen molar-refractivity contribution in [3.8, 4) is 0 Å². The number of amides is 1. The lowest BCUT2D eigenvalue weighted by Crippen LogP contribution is -2.28. The maximum absolute atomic E-state index is 13.7. The third-order valence-electron chi connectivity index (χ3n) is 10.3. The van der Waals surface area contributed by atoms with Gasteiger partial charge in [0.15, 0.2) is 0 Å². The average Bonchev–Trinajstić information content (AvgIpc) is 3.75. The number of nitrogens with zero attached hydrogens (tertiary/aromatic N) is 3. The predicted molar refractivity (Wildman–Crippen MR) is 203 cm³/mol. The summed E-state index contributed by atoms with van der Waals surface area (Å²) in [4.78, 5) is 57.9. The second-order valence-electron chi connectivity index (χ2n) is 14.0. The minimum Gasteiger partial charge on any atom is -0.481 e. The largest absolute Gasteiger partial charge is 0.481 e. The molecule has 51 heavy (non-hydrogen) atoms. The third kappa shape index (κ3) is 7.68. The van der Waals surface area contributed by atoms with E-state index in [1.165, 1.54) is 0 Å². The van der Waals surface area contributed by atoms with Crippen molar-refractivity contribution in [1.82, 2.24) is 30.2 Å². The molecule has 2 atom stereocenters. The van der Waals surface area contributed by atoms with Crippen molar-refractivity contribution in [3.63, 3.8) is 0 Å². The number of aliphatic carboxylic acids is 2. The molecule has 1 amide bonds. The first-order valence-electron chi connectivity index (χ1n) is 17.7. The summed E-state index contributed by atoms with van der Waals surface area (Å²) in [5.74, 6) is -2.99. The molecule has 270 valence electrons. The SMILES string of the molecule is C=Cc1c(C)c2cc3nc(c(CC(=O)NCCCCN(C)C)c4nc(cc5[nH]c(cc1[nH]2)c(C)c5CC)C(C)=C4C(=O)O)[C@@H](CCC(=O)O)[C@@H]3C. The lowest BCUT2D eigenvalue weighted by Gasteiger charge is -2.18. The van der Waals surface area contributed by atoms with E-state index in [9.17, 15) is 24.6 Å². The van der Waals surface area contributed by atoms with E-state index in [-0.39, 0.29) is 42.4 Å². The van der Waals surface area contributed by atoms with Gasteiger partial charge in [0.1, 0.15) is 0 Å². The number of aryl methyl sites for hydroxylation is 3. The van der Waals surface area contributed by atoms with Crippen LogP contribution >= 0.6 is 0 Å². The molecule has 5 N–H and O–H groups in total. The normalized spacial score (nSPS) is 15.8. The van der Waals surface area contributed by atoms with Gasteiger partial charge in [-0.3, -0.25) is 14.6 Å². The molecule has 0 saturated heterocycles. The second-order valence-corrected chi connectivity index (χ2v) is 14.0. The van der Waals surface area contributed by atoms with Crippen molar-refractivity contribution < 1.29 is 24.6 Å².